The zero-order chi connectivity index (χ0) is 24.2. The van der Waals surface area contributed by atoms with Crippen molar-refractivity contribution in [2.45, 2.75) is 32.5 Å². The number of amides is 2. The lowest BCUT2D eigenvalue weighted by atomic mass is 10.0. The molecular formula is C24H25F3N2O4. The molecule has 1 N–H and O–H groups in total. The first kappa shape index (κ1) is 24.3. The molecule has 2 amide bonds. The lowest BCUT2D eigenvalue weighted by Crippen LogP contribution is -2.34. The van der Waals surface area contributed by atoms with Crippen LogP contribution in [0.4, 0.5) is 18.9 Å². The summed E-state index contributed by atoms with van der Waals surface area (Å²) < 4.78 is 50.3. The Labute approximate surface area is 190 Å². The van der Waals surface area contributed by atoms with Gasteiger partial charge >= 0.3 is 6.18 Å². The number of rotatable bonds is 9. The predicted octanol–water partition coefficient (Wildman–Crippen LogP) is 4.72. The third kappa shape index (κ3) is 5.54. The fourth-order valence-electron chi connectivity index (χ4n) is 3.46. The van der Waals surface area contributed by atoms with Crippen LogP contribution in [0.1, 0.15) is 31.4 Å². The first-order valence-electron chi connectivity index (χ1n) is 10.4. The zero-order valence-electron chi connectivity index (χ0n) is 18.5. The number of imide groups is 1. The maximum Gasteiger partial charge on any atom is 0.416 e. The number of carbonyl (C=O) groups is 2. The molecule has 0 saturated heterocycles. The highest BCUT2D eigenvalue weighted by molar-refractivity contribution is 6.37. The fourth-order valence-corrected chi connectivity index (χ4v) is 3.46. The number of nitrogens with one attached hydrogen (secondary N) is 1. The van der Waals surface area contributed by atoms with Gasteiger partial charge in [-0.2, -0.15) is 13.2 Å². The molecule has 2 aromatic carbocycles. The summed E-state index contributed by atoms with van der Waals surface area (Å²) in [7, 11) is 1.43. The molecule has 6 nitrogen and oxygen atoms in total. The van der Waals surface area contributed by atoms with Crippen LogP contribution in [0.15, 0.2) is 54.2 Å². The van der Waals surface area contributed by atoms with E-state index in [4.69, 9.17) is 9.47 Å². The van der Waals surface area contributed by atoms with Gasteiger partial charge in [0.15, 0.2) is 0 Å². The molecule has 0 spiro atoms. The Morgan fingerprint density at radius 1 is 1.03 bits per heavy atom. The van der Waals surface area contributed by atoms with Crippen molar-refractivity contribution in [2.75, 3.05) is 25.6 Å². The minimum absolute atomic E-state index is 0.00961. The lowest BCUT2D eigenvalue weighted by molar-refractivity contribution is -0.138. The van der Waals surface area contributed by atoms with E-state index in [0.29, 0.717) is 24.3 Å². The Morgan fingerprint density at radius 2 is 1.76 bits per heavy atom. The number of ether oxygens (including phenoxy) is 2. The minimum atomic E-state index is -4.55. The van der Waals surface area contributed by atoms with Gasteiger partial charge in [0, 0.05) is 24.4 Å². The van der Waals surface area contributed by atoms with Crippen LogP contribution in [0.3, 0.4) is 0 Å². The van der Waals surface area contributed by atoms with Crippen LogP contribution >= 0.6 is 0 Å². The van der Waals surface area contributed by atoms with E-state index >= 15 is 0 Å². The maximum absolute atomic E-state index is 13.3. The third-order valence-corrected chi connectivity index (χ3v) is 4.98. The van der Waals surface area contributed by atoms with Gasteiger partial charge in [0.25, 0.3) is 11.8 Å². The van der Waals surface area contributed by atoms with Crippen LogP contribution in [-0.2, 0) is 20.5 Å². The van der Waals surface area contributed by atoms with E-state index in [0.717, 1.165) is 17.0 Å². The standard InChI is InChI=1S/C24H25F3N2O4/c1-15(2)33-13-7-12-29-22(30)20(18-10-4-5-11-19(18)32-3)21(23(29)31)28-17-9-6-8-16(14-17)24(25,26)27/h4-6,8-11,14-15,28H,7,12-13H2,1-3H3. The number of benzene rings is 2. The van der Waals surface area contributed by atoms with Crippen molar-refractivity contribution in [1.82, 2.24) is 4.90 Å². The first-order valence-corrected chi connectivity index (χ1v) is 10.4. The fraction of sp³-hybridized carbons (Fsp3) is 0.333. The largest absolute Gasteiger partial charge is 0.496 e. The second-order valence-corrected chi connectivity index (χ2v) is 7.69. The van der Waals surface area contributed by atoms with Gasteiger partial charge in [0.05, 0.1) is 24.4 Å². The second-order valence-electron chi connectivity index (χ2n) is 7.69. The van der Waals surface area contributed by atoms with Crippen molar-refractivity contribution < 1.29 is 32.2 Å². The number of carbonyl (C=O) groups excluding carboxylic acids is 2. The molecule has 0 fully saturated rings. The zero-order valence-corrected chi connectivity index (χ0v) is 18.5. The predicted molar refractivity (Wildman–Crippen MR) is 117 cm³/mol. The molecule has 33 heavy (non-hydrogen) atoms. The van der Waals surface area contributed by atoms with Crippen molar-refractivity contribution in [2.24, 2.45) is 0 Å². The van der Waals surface area contributed by atoms with Crippen molar-refractivity contribution >= 4 is 23.1 Å². The van der Waals surface area contributed by atoms with E-state index in [9.17, 15) is 22.8 Å². The monoisotopic (exact) mass is 462 g/mol. The Balaban J connectivity index is 1.99. The average Bonchev–Trinajstić information content (AvgIpc) is 3.00. The van der Waals surface area contributed by atoms with Crippen LogP contribution in [0.25, 0.3) is 5.57 Å². The van der Waals surface area contributed by atoms with E-state index < -0.39 is 23.6 Å². The van der Waals surface area contributed by atoms with Crippen molar-refractivity contribution in [3.63, 3.8) is 0 Å². The van der Waals surface area contributed by atoms with Crippen LogP contribution in [-0.4, -0.2) is 43.1 Å². The minimum Gasteiger partial charge on any atom is -0.496 e. The summed E-state index contributed by atoms with van der Waals surface area (Å²) in [4.78, 5) is 27.5. The van der Waals surface area contributed by atoms with Gasteiger partial charge in [-0.15, -0.1) is 0 Å². The van der Waals surface area contributed by atoms with Crippen LogP contribution < -0.4 is 10.1 Å². The molecule has 0 unspecified atom stereocenters. The quantitative estimate of drug-likeness (QED) is 0.432. The molecular weight excluding hydrogens is 437 g/mol. The molecule has 9 heteroatoms. The molecule has 0 bridgehead atoms. The normalized spacial score (nSPS) is 14.5. The highest BCUT2D eigenvalue weighted by atomic mass is 19.4. The Morgan fingerprint density at radius 3 is 2.42 bits per heavy atom. The summed E-state index contributed by atoms with van der Waals surface area (Å²) in [5.74, 6) is -0.812. The maximum atomic E-state index is 13.3. The average molecular weight is 462 g/mol. The molecule has 0 aliphatic carbocycles. The Hall–Kier alpha value is -3.33. The van der Waals surface area contributed by atoms with Gasteiger partial charge in [-0.05, 0) is 44.5 Å². The highest BCUT2D eigenvalue weighted by Gasteiger charge is 2.40. The Bertz CT molecular complexity index is 1060. The van der Waals surface area contributed by atoms with E-state index in [1.54, 1.807) is 24.3 Å². The number of nitrogens with zero attached hydrogens (tertiary/aromatic N) is 1. The summed E-state index contributed by atoms with van der Waals surface area (Å²) >= 11 is 0. The van der Waals surface area contributed by atoms with Gasteiger partial charge in [-0.25, -0.2) is 0 Å². The van der Waals surface area contributed by atoms with Gasteiger partial charge in [-0.3, -0.25) is 14.5 Å². The van der Waals surface area contributed by atoms with Crippen molar-refractivity contribution in [3.05, 3.63) is 65.4 Å². The van der Waals surface area contributed by atoms with E-state index in [1.165, 1.54) is 19.2 Å². The number of para-hydroxylation sites is 1. The summed E-state index contributed by atoms with van der Waals surface area (Å²) in [6.07, 6.45) is -4.11. The molecule has 1 heterocycles. The lowest BCUT2D eigenvalue weighted by Gasteiger charge is -2.16. The van der Waals surface area contributed by atoms with Gasteiger partial charge in [0.2, 0.25) is 0 Å². The third-order valence-electron chi connectivity index (χ3n) is 4.98. The van der Waals surface area contributed by atoms with Crippen LogP contribution in [0.2, 0.25) is 0 Å². The van der Waals surface area contributed by atoms with E-state index in [1.807, 2.05) is 13.8 Å². The smallest absolute Gasteiger partial charge is 0.416 e. The number of anilines is 1. The van der Waals surface area contributed by atoms with E-state index in [-0.39, 0.29) is 29.6 Å². The number of alkyl halides is 3. The van der Waals surface area contributed by atoms with Crippen LogP contribution in [0, 0.1) is 0 Å². The number of hydrogen-bond acceptors (Lipinski definition) is 5. The number of halogens is 3. The Kier molecular flexibility index (Phi) is 7.43. The second kappa shape index (κ2) is 10.1. The highest BCUT2D eigenvalue weighted by Crippen LogP contribution is 2.36. The first-order chi connectivity index (χ1) is 15.6. The summed E-state index contributed by atoms with van der Waals surface area (Å²) in [5.41, 5.74) is -0.522. The number of hydrogen-bond donors (Lipinski definition) is 1. The van der Waals surface area contributed by atoms with E-state index in [2.05, 4.69) is 5.32 Å². The van der Waals surface area contributed by atoms with Gasteiger partial charge in [-0.1, -0.05) is 24.3 Å². The molecule has 3 rings (SSSR count). The molecule has 176 valence electrons. The van der Waals surface area contributed by atoms with Crippen LogP contribution in [0.5, 0.6) is 5.75 Å². The van der Waals surface area contributed by atoms with Crippen molar-refractivity contribution in [1.29, 1.82) is 0 Å². The number of methoxy groups -OCH3 is 1. The topological polar surface area (TPSA) is 67.9 Å². The van der Waals surface area contributed by atoms with Gasteiger partial charge < -0.3 is 14.8 Å². The van der Waals surface area contributed by atoms with Gasteiger partial charge in [0.1, 0.15) is 11.4 Å². The molecule has 0 atom stereocenters. The molecule has 1 aliphatic heterocycles. The molecule has 0 radical (unpaired) electrons. The summed E-state index contributed by atoms with van der Waals surface area (Å²) in [5, 5.41) is 2.75. The summed E-state index contributed by atoms with van der Waals surface area (Å²) in [6.45, 7) is 4.22. The molecule has 2 aromatic rings. The molecule has 0 aromatic heterocycles. The summed E-state index contributed by atoms with van der Waals surface area (Å²) in [6, 6.07) is 11.1. The molecule has 1 aliphatic rings. The van der Waals surface area contributed by atoms with Crippen molar-refractivity contribution in [3.8, 4) is 5.75 Å². The molecule has 0 saturated carbocycles. The SMILES string of the molecule is COc1ccccc1C1=C(Nc2cccc(C(F)(F)F)c2)C(=O)N(CCCOC(C)C)C1=O.